The fraction of sp³-hybridized carbons (Fsp3) is 0.370. The van der Waals surface area contributed by atoms with Gasteiger partial charge in [0, 0.05) is 13.6 Å². The molecule has 0 saturated carbocycles. The van der Waals surface area contributed by atoms with E-state index < -0.39 is 5.25 Å². The minimum Gasteiger partial charge on any atom is -0.335 e. The summed E-state index contributed by atoms with van der Waals surface area (Å²) in [6, 6.07) is 17.6. The van der Waals surface area contributed by atoms with Crippen LogP contribution in [0, 0.1) is 13.8 Å². The Balaban J connectivity index is 1.40. The number of hydrogen-bond acceptors (Lipinski definition) is 4. The second-order valence-corrected chi connectivity index (χ2v) is 10.3. The van der Waals surface area contributed by atoms with Crippen LogP contribution in [-0.2, 0) is 16.6 Å². The average molecular weight is 493 g/mol. The van der Waals surface area contributed by atoms with Gasteiger partial charge in [-0.25, -0.2) is 4.68 Å². The maximum Gasteiger partial charge on any atom is 0.295 e. The monoisotopic (exact) mass is 492 g/mol. The molecule has 0 bridgehead atoms. The van der Waals surface area contributed by atoms with Gasteiger partial charge in [0.25, 0.3) is 5.56 Å². The van der Waals surface area contributed by atoms with E-state index in [1.54, 1.807) is 25.6 Å². The number of aryl methyl sites for hydroxylation is 1. The minimum absolute atomic E-state index is 0.0442. The fourth-order valence-electron chi connectivity index (χ4n) is 4.64. The molecule has 35 heavy (non-hydrogen) atoms. The predicted octanol–water partition coefficient (Wildman–Crippen LogP) is 4.22. The van der Waals surface area contributed by atoms with Crippen molar-refractivity contribution in [1.82, 2.24) is 14.3 Å². The molecule has 2 heterocycles. The maximum atomic E-state index is 13.1. The number of thioether (sulfide) groups is 1. The number of para-hydroxylation sites is 1. The Morgan fingerprint density at radius 2 is 1.77 bits per heavy atom. The lowest BCUT2D eigenvalue weighted by Crippen LogP contribution is -2.34. The lowest BCUT2D eigenvalue weighted by molar-refractivity contribution is -0.129. The van der Waals surface area contributed by atoms with Crippen LogP contribution in [0.2, 0.25) is 0 Å². The molecule has 184 valence electrons. The maximum absolute atomic E-state index is 13.1. The van der Waals surface area contributed by atoms with Crippen LogP contribution >= 0.6 is 11.8 Å². The summed E-state index contributed by atoms with van der Waals surface area (Å²) in [6.45, 7) is 6.39. The van der Waals surface area contributed by atoms with E-state index in [1.165, 1.54) is 27.6 Å². The van der Waals surface area contributed by atoms with E-state index in [2.05, 4.69) is 24.4 Å². The smallest absolute Gasteiger partial charge is 0.295 e. The van der Waals surface area contributed by atoms with Crippen LogP contribution in [0.4, 0.5) is 5.69 Å². The van der Waals surface area contributed by atoms with Crippen molar-refractivity contribution in [3.63, 3.8) is 0 Å². The first-order chi connectivity index (χ1) is 16.8. The summed E-state index contributed by atoms with van der Waals surface area (Å²) in [5, 5.41) is 2.32. The second kappa shape index (κ2) is 10.6. The molecule has 7 nitrogen and oxygen atoms in total. The van der Waals surface area contributed by atoms with Gasteiger partial charge in [-0.3, -0.25) is 19.1 Å². The molecular formula is C27H32N4O3S. The number of nitrogens with one attached hydrogen (secondary N) is 1. The highest BCUT2D eigenvalue weighted by atomic mass is 32.2. The molecule has 1 aliphatic heterocycles. The van der Waals surface area contributed by atoms with Crippen molar-refractivity contribution in [3.05, 3.63) is 81.8 Å². The molecule has 1 aliphatic rings. The van der Waals surface area contributed by atoms with Gasteiger partial charge in [0.05, 0.1) is 28.4 Å². The van der Waals surface area contributed by atoms with Gasteiger partial charge in [-0.15, -0.1) is 11.8 Å². The molecule has 0 spiro atoms. The molecule has 4 rings (SSSR count). The molecule has 1 N–H and O–H groups in total. The van der Waals surface area contributed by atoms with Gasteiger partial charge >= 0.3 is 0 Å². The van der Waals surface area contributed by atoms with Gasteiger partial charge in [-0.2, -0.15) is 0 Å². The number of nitrogens with zero attached hydrogens (tertiary/aromatic N) is 3. The molecule has 2 unspecified atom stereocenters. The van der Waals surface area contributed by atoms with Crippen molar-refractivity contribution in [2.24, 2.45) is 7.05 Å². The molecule has 2 atom stereocenters. The molecule has 1 saturated heterocycles. The Morgan fingerprint density at radius 3 is 2.49 bits per heavy atom. The van der Waals surface area contributed by atoms with Crippen molar-refractivity contribution < 1.29 is 9.59 Å². The van der Waals surface area contributed by atoms with Crippen LogP contribution in [-0.4, -0.2) is 43.6 Å². The highest BCUT2D eigenvalue weighted by molar-refractivity contribution is 8.01. The zero-order chi connectivity index (χ0) is 25.1. The van der Waals surface area contributed by atoms with E-state index in [0.29, 0.717) is 5.69 Å². The number of carbonyl (C=O) groups is 2. The number of carbonyl (C=O) groups excluding carboxylic acids is 2. The van der Waals surface area contributed by atoms with E-state index in [0.717, 1.165) is 25.1 Å². The van der Waals surface area contributed by atoms with Crippen LogP contribution in [0.3, 0.4) is 0 Å². The third kappa shape index (κ3) is 5.07. The van der Waals surface area contributed by atoms with Crippen LogP contribution in [0.25, 0.3) is 5.69 Å². The van der Waals surface area contributed by atoms with Gasteiger partial charge < -0.3 is 10.2 Å². The molecular weight excluding hydrogens is 460 g/mol. The summed E-state index contributed by atoms with van der Waals surface area (Å²) in [5.41, 5.74) is 3.76. The first-order valence-corrected chi connectivity index (χ1v) is 13.0. The Kier molecular flexibility index (Phi) is 7.50. The zero-order valence-electron chi connectivity index (χ0n) is 20.7. The summed E-state index contributed by atoms with van der Waals surface area (Å²) in [7, 11) is 1.79. The van der Waals surface area contributed by atoms with Gasteiger partial charge in [0.2, 0.25) is 11.8 Å². The number of likely N-dealkylation sites (tertiary alicyclic amines) is 1. The van der Waals surface area contributed by atoms with Crippen molar-refractivity contribution in [2.45, 2.75) is 44.9 Å². The van der Waals surface area contributed by atoms with Gasteiger partial charge in [-0.05, 0) is 56.9 Å². The van der Waals surface area contributed by atoms with Gasteiger partial charge in [0.1, 0.15) is 5.69 Å². The van der Waals surface area contributed by atoms with Crippen LogP contribution in [0.15, 0.2) is 59.4 Å². The Bertz CT molecular complexity index is 1280. The van der Waals surface area contributed by atoms with Gasteiger partial charge in [0.15, 0.2) is 0 Å². The van der Waals surface area contributed by atoms with Crippen molar-refractivity contribution in [3.8, 4) is 5.69 Å². The van der Waals surface area contributed by atoms with Crippen LogP contribution in [0.1, 0.15) is 42.6 Å². The van der Waals surface area contributed by atoms with Crippen LogP contribution < -0.4 is 10.9 Å². The Hall–Kier alpha value is -3.26. The van der Waals surface area contributed by atoms with E-state index in [-0.39, 0.29) is 34.9 Å². The average Bonchev–Trinajstić information content (AvgIpc) is 3.42. The third-order valence-corrected chi connectivity index (χ3v) is 7.88. The van der Waals surface area contributed by atoms with Crippen molar-refractivity contribution in [2.75, 3.05) is 17.6 Å². The van der Waals surface area contributed by atoms with E-state index in [9.17, 15) is 14.4 Å². The molecule has 8 heteroatoms. The number of rotatable bonds is 7. The van der Waals surface area contributed by atoms with E-state index >= 15 is 0 Å². The quantitative estimate of drug-likeness (QED) is 0.536. The highest BCUT2D eigenvalue weighted by Gasteiger charge is 2.31. The zero-order valence-corrected chi connectivity index (χ0v) is 21.5. The molecule has 2 aromatic carbocycles. The summed E-state index contributed by atoms with van der Waals surface area (Å²) in [5.74, 6) is -0.0210. The number of anilines is 1. The number of hydrogen-bond donors (Lipinski definition) is 1. The number of benzene rings is 2. The SMILES string of the molecule is Cc1ccccc1C1CCCN1C(=O)CSC(C)C(=O)Nc1c(C)n(C)n(-c2ccccc2)c1=O. The topological polar surface area (TPSA) is 76.3 Å². The fourth-order valence-corrected chi connectivity index (χ4v) is 5.41. The molecule has 0 radical (unpaired) electrons. The summed E-state index contributed by atoms with van der Waals surface area (Å²) in [4.78, 5) is 41.0. The Morgan fingerprint density at radius 1 is 1.09 bits per heavy atom. The standard InChI is InChI=1S/C27H32N4O3S/c1-18-11-8-9-14-22(18)23-15-10-16-30(23)24(32)17-35-20(3)26(33)28-25-19(2)29(4)31(27(25)34)21-12-6-5-7-13-21/h5-9,11-14,20,23H,10,15-17H2,1-4H3,(H,28,33). The molecule has 0 aliphatic carbocycles. The van der Waals surface area contributed by atoms with E-state index in [1.807, 2.05) is 47.4 Å². The molecule has 1 fully saturated rings. The minimum atomic E-state index is -0.484. The molecule has 3 aromatic rings. The highest BCUT2D eigenvalue weighted by Crippen LogP contribution is 2.34. The molecule has 2 amide bonds. The summed E-state index contributed by atoms with van der Waals surface area (Å²) >= 11 is 1.30. The predicted molar refractivity (Wildman–Crippen MR) is 141 cm³/mol. The lowest BCUT2D eigenvalue weighted by atomic mass is 9.99. The second-order valence-electron chi connectivity index (χ2n) is 8.98. The molecule has 1 aromatic heterocycles. The normalized spacial score (nSPS) is 16.3. The van der Waals surface area contributed by atoms with Crippen LogP contribution in [0.5, 0.6) is 0 Å². The first-order valence-electron chi connectivity index (χ1n) is 11.9. The number of aromatic nitrogens is 2. The van der Waals surface area contributed by atoms with Crippen molar-refractivity contribution in [1.29, 1.82) is 0 Å². The lowest BCUT2D eigenvalue weighted by Gasteiger charge is -2.26. The third-order valence-electron chi connectivity index (χ3n) is 6.75. The Labute approximate surface area is 210 Å². The van der Waals surface area contributed by atoms with Crippen molar-refractivity contribution >= 4 is 29.3 Å². The summed E-state index contributed by atoms with van der Waals surface area (Å²) in [6.07, 6.45) is 1.94. The van der Waals surface area contributed by atoms with E-state index in [4.69, 9.17) is 0 Å². The largest absolute Gasteiger partial charge is 0.335 e. The number of amides is 2. The first kappa shape index (κ1) is 24.9. The van der Waals surface area contributed by atoms with Gasteiger partial charge in [-0.1, -0.05) is 42.5 Å². The summed E-state index contributed by atoms with van der Waals surface area (Å²) < 4.78 is 3.26.